The minimum atomic E-state index is 0.209. The number of hydrogen-bond donors (Lipinski definition) is 1. The van der Waals surface area contributed by atoms with Gasteiger partial charge in [-0.15, -0.1) is 0 Å². The number of para-hydroxylation sites is 1. The summed E-state index contributed by atoms with van der Waals surface area (Å²) in [6, 6.07) is 8.22. The van der Waals surface area contributed by atoms with Crippen molar-refractivity contribution >= 4 is 5.57 Å². The molecule has 0 fully saturated rings. The Morgan fingerprint density at radius 1 is 1.35 bits per heavy atom. The molecule has 1 aromatic rings. The van der Waals surface area contributed by atoms with E-state index < -0.39 is 0 Å². The lowest BCUT2D eigenvalue weighted by molar-refractivity contribution is 0.242. The van der Waals surface area contributed by atoms with Gasteiger partial charge in [0.2, 0.25) is 0 Å². The van der Waals surface area contributed by atoms with Gasteiger partial charge in [-0.1, -0.05) is 24.3 Å². The largest absolute Gasteiger partial charge is 0.490 e. The first kappa shape index (κ1) is 13.8. The molecular weight excluding hydrogens is 210 g/mol. The van der Waals surface area contributed by atoms with Gasteiger partial charge in [-0.2, -0.15) is 0 Å². The maximum Gasteiger partial charge on any atom is 0.127 e. The minimum absolute atomic E-state index is 0.209. The van der Waals surface area contributed by atoms with Crippen LogP contribution in [0.15, 0.2) is 30.3 Å². The van der Waals surface area contributed by atoms with Gasteiger partial charge in [0.1, 0.15) is 5.75 Å². The van der Waals surface area contributed by atoms with Gasteiger partial charge in [0.05, 0.1) is 6.10 Å². The van der Waals surface area contributed by atoms with Gasteiger partial charge < -0.3 is 10.1 Å². The van der Waals surface area contributed by atoms with Crippen LogP contribution in [0.25, 0.3) is 5.57 Å². The molecule has 0 spiro atoms. The highest BCUT2D eigenvalue weighted by atomic mass is 16.5. The topological polar surface area (TPSA) is 21.3 Å². The lowest BCUT2D eigenvalue weighted by atomic mass is 10.1. The van der Waals surface area contributed by atoms with Gasteiger partial charge in [-0.25, -0.2) is 0 Å². The second-order valence-corrected chi connectivity index (χ2v) is 4.44. The zero-order valence-electron chi connectivity index (χ0n) is 11.3. The summed E-state index contributed by atoms with van der Waals surface area (Å²) in [5.41, 5.74) is 2.47. The molecule has 0 saturated carbocycles. The van der Waals surface area contributed by atoms with Gasteiger partial charge >= 0.3 is 0 Å². The Labute approximate surface area is 105 Å². The van der Waals surface area contributed by atoms with E-state index in [1.54, 1.807) is 0 Å². The summed E-state index contributed by atoms with van der Waals surface area (Å²) in [6.45, 7) is 7.25. The fourth-order valence-electron chi connectivity index (χ4n) is 1.69. The molecule has 0 radical (unpaired) electrons. The Morgan fingerprint density at radius 3 is 2.71 bits per heavy atom. The van der Waals surface area contributed by atoms with Crippen LogP contribution in [0.4, 0.5) is 0 Å². The summed E-state index contributed by atoms with van der Waals surface area (Å²) in [7, 11) is 1.97. The first-order chi connectivity index (χ1) is 8.15. The average Bonchev–Trinajstić information content (AvgIpc) is 2.29. The third-order valence-corrected chi connectivity index (χ3v) is 2.52. The monoisotopic (exact) mass is 233 g/mol. The van der Waals surface area contributed by atoms with Crippen molar-refractivity contribution in [3.05, 3.63) is 35.9 Å². The second-order valence-electron chi connectivity index (χ2n) is 4.44. The maximum atomic E-state index is 5.82. The Hall–Kier alpha value is -1.28. The molecule has 0 aliphatic rings. The summed E-state index contributed by atoms with van der Waals surface area (Å²) in [5, 5.41) is 3.15. The number of allylic oxidation sites excluding steroid dienone is 1. The van der Waals surface area contributed by atoms with Crippen LogP contribution in [-0.4, -0.2) is 19.7 Å². The molecule has 17 heavy (non-hydrogen) atoms. The molecule has 0 aliphatic carbocycles. The van der Waals surface area contributed by atoms with Crippen LogP contribution >= 0.6 is 0 Å². The van der Waals surface area contributed by atoms with Crippen LogP contribution < -0.4 is 10.1 Å². The fraction of sp³-hybridized carbons (Fsp3) is 0.467. The van der Waals surface area contributed by atoms with Crippen molar-refractivity contribution in [2.45, 2.75) is 33.3 Å². The molecule has 0 aromatic heterocycles. The van der Waals surface area contributed by atoms with E-state index in [0.29, 0.717) is 0 Å². The molecule has 0 saturated heterocycles. The van der Waals surface area contributed by atoms with Crippen molar-refractivity contribution in [2.24, 2.45) is 0 Å². The first-order valence-corrected chi connectivity index (χ1v) is 6.22. The predicted octanol–water partition coefficient (Wildman–Crippen LogP) is 3.49. The Bertz CT molecular complexity index is 369. The molecule has 2 heteroatoms. The smallest absolute Gasteiger partial charge is 0.127 e. The summed E-state index contributed by atoms with van der Waals surface area (Å²) in [4.78, 5) is 0. The van der Waals surface area contributed by atoms with Crippen LogP contribution in [0.5, 0.6) is 5.75 Å². The second kappa shape index (κ2) is 7.13. The van der Waals surface area contributed by atoms with Gasteiger partial charge in [-0.05, 0) is 52.4 Å². The van der Waals surface area contributed by atoms with Crippen LogP contribution in [0.1, 0.15) is 32.8 Å². The molecule has 0 atom stereocenters. The molecule has 1 rings (SSSR count). The standard InChI is InChI=1S/C15H23NO/c1-12(2)17-15-10-6-5-9-14(15)13(3)8-7-11-16-4/h5-6,8-10,12,16H,7,11H2,1-4H3. The van der Waals surface area contributed by atoms with Crippen molar-refractivity contribution in [1.29, 1.82) is 0 Å². The van der Waals surface area contributed by atoms with E-state index >= 15 is 0 Å². The summed E-state index contributed by atoms with van der Waals surface area (Å²) < 4.78 is 5.82. The van der Waals surface area contributed by atoms with E-state index in [-0.39, 0.29) is 6.10 Å². The number of rotatable bonds is 6. The average molecular weight is 233 g/mol. The molecule has 0 amide bonds. The van der Waals surface area contributed by atoms with Crippen molar-refractivity contribution in [2.75, 3.05) is 13.6 Å². The SMILES string of the molecule is CNCCC=C(C)c1ccccc1OC(C)C. The van der Waals surface area contributed by atoms with Crippen LogP contribution in [0.2, 0.25) is 0 Å². The molecule has 0 heterocycles. The number of nitrogens with one attached hydrogen (secondary N) is 1. The quantitative estimate of drug-likeness (QED) is 0.759. The molecule has 0 aliphatic heterocycles. The molecular formula is C15H23NO. The van der Waals surface area contributed by atoms with Crippen LogP contribution in [-0.2, 0) is 0 Å². The number of benzene rings is 1. The Balaban J connectivity index is 2.84. The molecule has 1 aromatic carbocycles. The summed E-state index contributed by atoms with van der Waals surface area (Å²) >= 11 is 0. The van der Waals surface area contributed by atoms with E-state index in [2.05, 4.69) is 44.3 Å². The minimum Gasteiger partial charge on any atom is -0.490 e. The third-order valence-electron chi connectivity index (χ3n) is 2.52. The van der Waals surface area contributed by atoms with Crippen molar-refractivity contribution in [1.82, 2.24) is 5.32 Å². The molecule has 1 N–H and O–H groups in total. The summed E-state index contributed by atoms with van der Waals surface area (Å²) in [5.74, 6) is 0.973. The van der Waals surface area contributed by atoms with Crippen molar-refractivity contribution < 1.29 is 4.74 Å². The van der Waals surface area contributed by atoms with E-state index in [1.165, 1.54) is 11.1 Å². The Kier molecular flexibility index (Phi) is 5.78. The van der Waals surface area contributed by atoms with E-state index in [4.69, 9.17) is 4.74 Å². The van der Waals surface area contributed by atoms with E-state index in [1.807, 2.05) is 19.2 Å². The normalized spacial score (nSPS) is 11.9. The zero-order valence-corrected chi connectivity index (χ0v) is 11.3. The van der Waals surface area contributed by atoms with Crippen molar-refractivity contribution in [3.8, 4) is 5.75 Å². The lowest BCUT2D eigenvalue weighted by Crippen LogP contribution is -2.07. The number of hydrogen-bond acceptors (Lipinski definition) is 2. The van der Waals surface area contributed by atoms with Gasteiger partial charge in [0, 0.05) is 5.56 Å². The molecule has 0 bridgehead atoms. The Morgan fingerprint density at radius 2 is 2.06 bits per heavy atom. The van der Waals surface area contributed by atoms with Crippen LogP contribution in [0.3, 0.4) is 0 Å². The zero-order chi connectivity index (χ0) is 12.7. The maximum absolute atomic E-state index is 5.82. The van der Waals surface area contributed by atoms with Gasteiger partial charge in [0.25, 0.3) is 0 Å². The van der Waals surface area contributed by atoms with Gasteiger partial charge in [0.15, 0.2) is 0 Å². The molecule has 94 valence electrons. The number of ether oxygens (including phenoxy) is 1. The van der Waals surface area contributed by atoms with Crippen molar-refractivity contribution in [3.63, 3.8) is 0 Å². The lowest BCUT2D eigenvalue weighted by Gasteiger charge is -2.14. The van der Waals surface area contributed by atoms with Crippen LogP contribution in [0, 0.1) is 0 Å². The fourth-order valence-corrected chi connectivity index (χ4v) is 1.69. The predicted molar refractivity (Wildman–Crippen MR) is 74.4 cm³/mol. The highest BCUT2D eigenvalue weighted by molar-refractivity contribution is 5.68. The third kappa shape index (κ3) is 4.61. The summed E-state index contributed by atoms with van der Waals surface area (Å²) in [6.07, 6.45) is 3.50. The van der Waals surface area contributed by atoms with E-state index in [9.17, 15) is 0 Å². The highest BCUT2D eigenvalue weighted by Gasteiger charge is 2.05. The first-order valence-electron chi connectivity index (χ1n) is 6.22. The van der Waals surface area contributed by atoms with Gasteiger partial charge in [-0.3, -0.25) is 0 Å². The van der Waals surface area contributed by atoms with E-state index in [0.717, 1.165) is 18.7 Å². The molecule has 0 unspecified atom stereocenters. The highest BCUT2D eigenvalue weighted by Crippen LogP contribution is 2.26. The molecule has 2 nitrogen and oxygen atoms in total.